The van der Waals surface area contributed by atoms with Gasteiger partial charge in [0, 0.05) is 18.1 Å². The summed E-state index contributed by atoms with van der Waals surface area (Å²) in [7, 11) is 0.0464. The summed E-state index contributed by atoms with van der Waals surface area (Å²) in [5.74, 6) is 0.277. The largest absolute Gasteiger partial charge is 0.496 e. The summed E-state index contributed by atoms with van der Waals surface area (Å²) in [4.78, 5) is 13.9. The van der Waals surface area contributed by atoms with Crippen LogP contribution in [0.4, 0.5) is 0 Å². The molecule has 0 saturated carbocycles. The van der Waals surface area contributed by atoms with E-state index in [0.29, 0.717) is 22.8 Å². The van der Waals surface area contributed by atoms with Gasteiger partial charge in [-0.2, -0.15) is 0 Å². The molecule has 0 aromatic heterocycles. The van der Waals surface area contributed by atoms with Crippen molar-refractivity contribution < 1.29 is 17.9 Å². The number of carbonyl (C=O) groups is 1. The SMILES string of the molecule is COc1ccc(Cl)cc1C(=O)N(C)[C@H]1CCS(=O)(=O)C1. The summed E-state index contributed by atoms with van der Waals surface area (Å²) in [6.07, 6.45) is 0.466. The highest BCUT2D eigenvalue weighted by Gasteiger charge is 2.33. The number of ether oxygens (including phenoxy) is 1. The molecule has 1 atom stereocenters. The molecule has 110 valence electrons. The fraction of sp³-hybridized carbons (Fsp3) is 0.462. The van der Waals surface area contributed by atoms with Gasteiger partial charge >= 0.3 is 0 Å². The molecule has 1 fully saturated rings. The van der Waals surface area contributed by atoms with Crippen molar-refractivity contribution in [1.29, 1.82) is 0 Å². The summed E-state index contributed by atoms with van der Waals surface area (Å²) < 4.78 is 28.1. The topological polar surface area (TPSA) is 63.7 Å². The minimum absolute atomic E-state index is 0.0120. The third kappa shape index (κ3) is 3.07. The van der Waals surface area contributed by atoms with E-state index >= 15 is 0 Å². The van der Waals surface area contributed by atoms with E-state index in [2.05, 4.69) is 0 Å². The standard InChI is InChI=1S/C13H16ClNO4S/c1-15(10-5-6-20(17,18)8-10)13(16)11-7-9(14)3-4-12(11)19-2/h3-4,7,10H,5-6,8H2,1-2H3/t10-/m0/s1. The molecule has 0 spiro atoms. The number of carbonyl (C=O) groups excluding carboxylic acids is 1. The van der Waals surface area contributed by atoms with E-state index in [0.717, 1.165) is 0 Å². The molecule has 20 heavy (non-hydrogen) atoms. The summed E-state index contributed by atoms with van der Waals surface area (Å²) >= 11 is 5.91. The van der Waals surface area contributed by atoms with Gasteiger partial charge in [-0.3, -0.25) is 4.79 Å². The predicted molar refractivity (Wildman–Crippen MR) is 77.2 cm³/mol. The number of methoxy groups -OCH3 is 1. The van der Waals surface area contributed by atoms with Crippen molar-refractivity contribution in [2.75, 3.05) is 25.7 Å². The average molecular weight is 318 g/mol. The molecule has 1 aliphatic rings. The van der Waals surface area contributed by atoms with Crippen molar-refractivity contribution in [3.8, 4) is 5.75 Å². The number of hydrogen-bond acceptors (Lipinski definition) is 4. The number of amides is 1. The molecule has 0 aliphatic carbocycles. The van der Waals surface area contributed by atoms with Crippen molar-refractivity contribution in [3.63, 3.8) is 0 Å². The van der Waals surface area contributed by atoms with Gasteiger partial charge in [0.25, 0.3) is 5.91 Å². The van der Waals surface area contributed by atoms with E-state index in [1.807, 2.05) is 0 Å². The highest BCUT2D eigenvalue weighted by Crippen LogP contribution is 2.26. The Hall–Kier alpha value is -1.27. The second-order valence-corrected chi connectivity index (χ2v) is 7.48. The van der Waals surface area contributed by atoms with Crippen LogP contribution in [-0.2, 0) is 9.84 Å². The molecule has 5 nitrogen and oxygen atoms in total. The van der Waals surface area contributed by atoms with Crippen LogP contribution in [0, 0.1) is 0 Å². The van der Waals surface area contributed by atoms with Gasteiger partial charge in [0.1, 0.15) is 5.75 Å². The Morgan fingerprint density at radius 1 is 1.45 bits per heavy atom. The Bertz CT molecular complexity index is 629. The first-order chi connectivity index (χ1) is 9.34. The van der Waals surface area contributed by atoms with Gasteiger partial charge in [0.2, 0.25) is 0 Å². The van der Waals surface area contributed by atoms with Crippen LogP contribution in [0.2, 0.25) is 5.02 Å². The van der Waals surface area contributed by atoms with E-state index in [4.69, 9.17) is 16.3 Å². The van der Waals surface area contributed by atoms with Gasteiger partial charge in [0.05, 0.1) is 24.2 Å². The maximum atomic E-state index is 12.5. The lowest BCUT2D eigenvalue weighted by Crippen LogP contribution is -2.38. The molecule has 0 bridgehead atoms. The Morgan fingerprint density at radius 3 is 2.70 bits per heavy atom. The molecule has 1 aromatic carbocycles. The van der Waals surface area contributed by atoms with E-state index in [1.165, 1.54) is 18.1 Å². The lowest BCUT2D eigenvalue weighted by atomic mass is 10.1. The summed E-state index contributed by atoms with van der Waals surface area (Å²) in [6.45, 7) is 0. The molecular formula is C13H16ClNO4S. The van der Waals surface area contributed by atoms with Gasteiger partial charge in [0.15, 0.2) is 9.84 Å². The zero-order valence-electron chi connectivity index (χ0n) is 11.3. The first-order valence-electron chi connectivity index (χ1n) is 6.15. The van der Waals surface area contributed by atoms with Gasteiger partial charge in [-0.1, -0.05) is 11.6 Å². The summed E-state index contributed by atoms with van der Waals surface area (Å²) in [5.41, 5.74) is 0.340. The van der Waals surface area contributed by atoms with Crippen LogP contribution in [0.25, 0.3) is 0 Å². The van der Waals surface area contributed by atoms with Crippen LogP contribution in [0.1, 0.15) is 16.8 Å². The number of nitrogens with zero attached hydrogens (tertiary/aromatic N) is 1. The molecule has 1 aromatic rings. The second kappa shape index (κ2) is 5.61. The third-order valence-corrected chi connectivity index (χ3v) is 5.45. The number of benzene rings is 1. The average Bonchev–Trinajstić information content (AvgIpc) is 2.77. The zero-order valence-corrected chi connectivity index (χ0v) is 12.9. The summed E-state index contributed by atoms with van der Waals surface area (Å²) in [5, 5.41) is 0.432. The van der Waals surface area contributed by atoms with Crippen LogP contribution in [-0.4, -0.2) is 50.9 Å². The molecule has 2 rings (SSSR count). The minimum atomic E-state index is -3.03. The molecular weight excluding hydrogens is 302 g/mol. The smallest absolute Gasteiger partial charge is 0.257 e. The minimum Gasteiger partial charge on any atom is -0.496 e. The Balaban J connectivity index is 2.25. The van der Waals surface area contributed by atoms with Crippen molar-refractivity contribution in [2.24, 2.45) is 0 Å². The fourth-order valence-corrected chi connectivity index (χ4v) is 4.23. The monoisotopic (exact) mass is 317 g/mol. The molecule has 1 amide bonds. The second-order valence-electron chi connectivity index (χ2n) is 4.82. The molecule has 0 unspecified atom stereocenters. The normalized spacial score (nSPS) is 20.6. The molecule has 1 saturated heterocycles. The number of hydrogen-bond donors (Lipinski definition) is 0. The lowest BCUT2D eigenvalue weighted by molar-refractivity contribution is 0.0744. The highest BCUT2D eigenvalue weighted by atomic mass is 35.5. The molecule has 0 N–H and O–H groups in total. The quantitative estimate of drug-likeness (QED) is 0.849. The van der Waals surface area contributed by atoms with E-state index in [1.54, 1.807) is 19.2 Å². The highest BCUT2D eigenvalue weighted by molar-refractivity contribution is 7.91. The van der Waals surface area contributed by atoms with Crippen LogP contribution >= 0.6 is 11.6 Å². The molecule has 1 aliphatic heterocycles. The first-order valence-corrected chi connectivity index (χ1v) is 8.35. The summed E-state index contributed by atoms with van der Waals surface area (Å²) in [6, 6.07) is 4.49. The van der Waals surface area contributed by atoms with Crippen molar-refractivity contribution in [3.05, 3.63) is 28.8 Å². The number of rotatable bonds is 3. The van der Waals surface area contributed by atoms with E-state index in [9.17, 15) is 13.2 Å². The first kappa shape index (κ1) is 15.1. The number of halogens is 1. The molecule has 7 heteroatoms. The number of sulfone groups is 1. The third-order valence-electron chi connectivity index (χ3n) is 3.47. The fourth-order valence-electron chi connectivity index (χ4n) is 2.28. The van der Waals surface area contributed by atoms with Gasteiger partial charge in [-0.15, -0.1) is 0 Å². The Morgan fingerprint density at radius 2 is 2.15 bits per heavy atom. The van der Waals surface area contributed by atoms with Crippen molar-refractivity contribution in [1.82, 2.24) is 4.90 Å². The lowest BCUT2D eigenvalue weighted by Gasteiger charge is -2.24. The van der Waals surface area contributed by atoms with E-state index < -0.39 is 9.84 Å². The maximum Gasteiger partial charge on any atom is 0.257 e. The van der Waals surface area contributed by atoms with Crippen molar-refractivity contribution in [2.45, 2.75) is 12.5 Å². The van der Waals surface area contributed by atoms with E-state index in [-0.39, 0.29) is 23.5 Å². The predicted octanol–water partition coefficient (Wildman–Crippen LogP) is 1.61. The zero-order chi connectivity index (χ0) is 14.9. The molecule has 0 radical (unpaired) electrons. The van der Waals surface area contributed by atoms with Crippen LogP contribution in [0.5, 0.6) is 5.75 Å². The van der Waals surface area contributed by atoms with Crippen LogP contribution in [0.15, 0.2) is 18.2 Å². The van der Waals surface area contributed by atoms with Crippen LogP contribution in [0.3, 0.4) is 0 Å². The molecule has 1 heterocycles. The Kier molecular flexibility index (Phi) is 4.25. The van der Waals surface area contributed by atoms with Gasteiger partial charge in [-0.25, -0.2) is 8.42 Å². The van der Waals surface area contributed by atoms with Crippen molar-refractivity contribution >= 4 is 27.3 Å². The van der Waals surface area contributed by atoms with Gasteiger partial charge < -0.3 is 9.64 Å². The van der Waals surface area contributed by atoms with Crippen LogP contribution < -0.4 is 4.74 Å². The maximum absolute atomic E-state index is 12.5. The van der Waals surface area contributed by atoms with Gasteiger partial charge in [-0.05, 0) is 24.6 Å². The Labute approximate surface area is 123 Å².